The molecule has 0 aromatic carbocycles. The zero-order valence-electron chi connectivity index (χ0n) is 17.6. The standard InChI is InChI=1S/C22H22N8O2/c1-24-16-7-3-5-14(27-16)11-26-22(32)20-21(23)29-19(15-6-4-10-25-15)18(28-20)13-8-9-17(31)30(2)12-13/h3-10,12,25H,11H2,1-2H3,(H2,23,29)(H,24,27)(H,26,32). The van der Waals surface area contributed by atoms with Crippen LogP contribution in [0.5, 0.6) is 0 Å². The second kappa shape index (κ2) is 8.72. The number of pyridine rings is 2. The molecular formula is C22H22N8O2. The zero-order chi connectivity index (χ0) is 22.7. The Labute approximate surface area is 183 Å². The molecule has 0 aliphatic carbocycles. The highest BCUT2D eigenvalue weighted by molar-refractivity contribution is 5.97. The van der Waals surface area contributed by atoms with E-state index in [0.29, 0.717) is 34.2 Å². The van der Waals surface area contributed by atoms with Crippen molar-refractivity contribution in [3.8, 4) is 22.6 Å². The Morgan fingerprint density at radius 2 is 1.94 bits per heavy atom. The monoisotopic (exact) mass is 430 g/mol. The number of aryl methyl sites for hydroxylation is 1. The lowest BCUT2D eigenvalue weighted by molar-refractivity contribution is 0.0946. The zero-order valence-corrected chi connectivity index (χ0v) is 17.6. The minimum Gasteiger partial charge on any atom is -0.382 e. The van der Waals surface area contributed by atoms with E-state index in [2.05, 4.69) is 30.6 Å². The first kappa shape index (κ1) is 20.8. The van der Waals surface area contributed by atoms with Crippen molar-refractivity contribution in [2.45, 2.75) is 6.54 Å². The van der Waals surface area contributed by atoms with E-state index < -0.39 is 5.91 Å². The van der Waals surface area contributed by atoms with Gasteiger partial charge in [-0.2, -0.15) is 0 Å². The average Bonchev–Trinajstić information content (AvgIpc) is 3.34. The molecule has 10 heteroatoms. The minimum absolute atomic E-state index is 0.00222. The molecule has 4 heterocycles. The molecule has 4 aromatic heterocycles. The maximum absolute atomic E-state index is 12.9. The van der Waals surface area contributed by atoms with Gasteiger partial charge in [0.15, 0.2) is 11.5 Å². The fourth-order valence-electron chi connectivity index (χ4n) is 3.19. The number of nitrogens with one attached hydrogen (secondary N) is 3. The maximum Gasteiger partial charge on any atom is 0.274 e. The number of hydrogen-bond donors (Lipinski definition) is 4. The number of anilines is 2. The topological polar surface area (TPSA) is 144 Å². The van der Waals surface area contributed by atoms with Crippen LogP contribution in [0.4, 0.5) is 11.6 Å². The highest BCUT2D eigenvalue weighted by Crippen LogP contribution is 2.29. The van der Waals surface area contributed by atoms with Crippen LogP contribution in [-0.4, -0.2) is 37.5 Å². The fraction of sp³-hybridized carbons (Fsp3) is 0.136. The van der Waals surface area contributed by atoms with E-state index in [9.17, 15) is 9.59 Å². The molecule has 0 bridgehead atoms. The molecule has 0 fully saturated rings. The highest BCUT2D eigenvalue weighted by atomic mass is 16.2. The summed E-state index contributed by atoms with van der Waals surface area (Å²) in [4.78, 5) is 41.2. The fourth-order valence-corrected chi connectivity index (χ4v) is 3.19. The Hall–Kier alpha value is -4.47. The van der Waals surface area contributed by atoms with Gasteiger partial charge in [0.1, 0.15) is 17.2 Å². The molecule has 0 spiro atoms. The van der Waals surface area contributed by atoms with E-state index in [1.54, 1.807) is 38.6 Å². The number of rotatable bonds is 6. The predicted molar refractivity (Wildman–Crippen MR) is 122 cm³/mol. The molecule has 1 amide bonds. The van der Waals surface area contributed by atoms with E-state index >= 15 is 0 Å². The number of hydrogen-bond acceptors (Lipinski definition) is 7. The van der Waals surface area contributed by atoms with Gasteiger partial charge in [-0.3, -0.25) is 9.59 Å². The lowest BCUT2D eigenvalue weighted by atomic mass is 10.1. The summed E-state index contributed by atoms with van der Waals surface area (Å²) < 4.78 is 1.44. The van der Waals surface area contributed by atoms with E-state index in [-0.39, 0.29) is 23.6 Å². The third-order valence-corrected chi connectivity index (χ3v) is 4.84. The van der Waals surface area contributed by atoms with Gasteiger partial charge in [-0.1, -0.05) is 6.07 Å². The largest absolute Gasteiger partial charge is 0.382 e. The van der Waals surface area contributed by atoms with Crippen molar-refractivity contribution in [2.24, 2.45) is 7.05 Å². The molecule has 0 saturated carbocycles. The summed E-state index contributed by atoms with van der Waals surface area (Å²) in [6.45, 7) is 0.197. The van der Waals surface area contributed by atoms with Gasteiger partial charge in [0, 0.05) is 38.1 Å². The van der Waals surface area contributed by atoms with Crippen LogP contribution >= 0.6 is 0 Å². The molecule has 0 atom stereocenters. The molecule has 4 rings (SSSR count). The number of nitrogen functional groups attached to an aromatic ring is 1. The molecule has 0 aliphatic heterocycles. The number of carbonyl (C=O) groups excluding carboxylic acids is 1. The Morgan fingerprint density at radius 3 is 2.66 bits per heavy atom. The first-order valence-corrected chi connectivity index (χ1v) is 9.86. The first-order chi connectivity index (χ1) is 15.5. The molecule has 0 aliphatic rings. The number of aromatic nitrogens is 5. The molecule has 4 aromatic rings. The van der Waals surface area contributed by atoms with Crippen LogP contribution in [0.15, 0.2) is 59.7 Å². The van der Waals surface area contributed by atoms with Crippen molar-refractivity contribution in [3.63, 3.8) is 0 Å². The van der Waals surface area contributed by atoms with Crippen molar-refractivity contribution in [1.29, 1.82) is 0 Å². The molecule has 0 radical (unpaired) electrons. The van der Waals surface area contributed by atoms with Gasteiger partial charge < -0.3 is 25.9 Å². The van der Waals surface area contributed by atoms with Crippen LogP contribution < -0.4 is 21.9 Å². The van der Waals surface area contributed by atoms with Crippen LogP contribution in [0.25, 0.3) is 22.6 Å². The summed E-state index contributed by atoms with van der Waals surface area (Å²) in [6.07, 6.45) is 3.40. The number of H-pyrrole nitrogens is 1. The van der Waals surface area contributed by atoms with Gasteiger partial charge in [-0.15, -0.1) is 0 Å². The lowest BCUT2D eigenvalue weighted by Gasteiger charge is -2.13. The van der Waals surface area contributed by atoms with Gasteiger partial charge in [0.2, 0.25) is 5.56 Å². The number of aromatic amines is 1. The molecule has 0 unspecified atom stereocenters. The molecule has 0 saturated heterocycles. The van der Waals surface area contributed by atoms with Crippen LogP contribution in [0.1, 0.15) is 16.2 Å². The summed E-state index contributed by atoms with van der Waals surface area (Å²) in [5, 5.41) is 5.74. The predicted octanol–water partition coefficient (Wildman–Crippen LogP) is 1.79. The summed E-state index contributed by atoms with van der Waals surface area (Å²) in [6, 6.07) is 12.2. The Morgan fingerprint density at radius 1 is 1.09 bits per heavy atom. The normalized spacial score (nSPS) is 10.7. The Kier molecular flexibility index (Phi) is 5.67. The number of nitrogens with zero attached hydrogens (tertiary/aromatic N) is 4. The molecule has 162 valence electrons. The van der Waals surface area contributed by atoms with Crippen molar-refractivity contribution < 1.29 is 4.79 Å². The molecule has 10 nitrogen and oxygen atoms in total. The maximum atomic E-state index is 12.9. The van der Waals surface area contributed by atoms with Crippen molar-refractivity contribution in [1.82, 2.24) is 29.8 Å². The summed E-state index contributed by atoms with van der Waals surface area (Å²) in [5.74, 6) is 0.219. The number of carbonyl (C=O) groups is 1. The van der Waals surface area contributed by atoms with Crippen LogP contribution in [0.3, 0.4) is 0 Å². The highest BCUT2D eigenvalue weighted by Gasteiger charge is 2.20. The summed E-state index contributed by atoms with van der Waals surface area (Å²) in [5.41, 5.74) is 8.85. The first-order valence-electron chi connectivity index (χ1n) is 9.86. The molecular weight excluding hydrogens is 408 g/mol. The van der Waals surface area contributed by atoms with E-state index in [1.165, 1.54) is 10.6 Å². The van der Waals surface area contributed by atoms with E-state index in [0.717, 1.165) is 0 Å². The van der Waals surface area contributed by atoms with Crippen LogP contribution in [0, 0.1) is 0 Å². The Bertz CT molecular complexity index is 1330. The third-order valence-electron chi connectivity index (χ3n) is 4.84. The summed E-state index contributed by atoms with van der Waals surface area (Å²) in [7, 11) is 3.42. The number of nitrogens with two attached hydrogens (primary N) is 1. The van der Waals surface area contributed by atoms with Gasteiger partial charge in [0.05, 0.1) is 17.9 Å². The van der Waals surface area contributed by atoms with Crippen molar-refractivity contribution in [3.05, 3.63) is 76.6 Å². The van der Waals surface area contributed by atoms with E-state index in [4.69, 9.17) is 5.73 Å². The van der Waals surface area contributed by atoms with Gasteiger partial charge >= 0.3 is 0 Å². The van der Waals surface area contributed by atoms with Crippen molar-refractivity contribution in [2.75, 3.05) is 18.1 Å². The van der Waals surface area contributed by atoms with Crippen molar-refractivity contribution >= 4 is 17.5 Å². The Balaban J connectivity index is 1.71. The second-order valence-corrected chi connectivity index (χ2v) is 7.05. The van der Waals surface area contributed by atoms with Gasteiger partial charge in [-0.05, 0) is 30.3 Å². The van der Waals surface area contributed by atoms with Crippen LogP contribution in [0.2, 0.25) is 0 Å². The average molecular weight is 430 g/mol. The van der Waals surface area contributed by atoms with E-state index in [1.807, 2.05) is 24.3 Å². The smallest absolute Gasteiger partial charge is 0.274 e. The lowest BCUT2D eigenvalue weighted by Crippen LogP contribution is -2.26. The molecule has 32 heavy (non-hydrogen) atoms. The summed E-state index contributed by atoms with van der Waals surface area (Å²) >= 11 is 0. The molecule has 5 N–H and O–H groups in total. The van der Waals surface area contributed by atoms with Gasteiger partial charge in [0.25, 0.3) is 5.91 Å². The van der Waals surface area contributed by atoms with Crippen LogP contribution in [-0.2, 0) is 13.6 Å². The number of amides is 1. The second-order valence-electron chi connectivity index (χ2n) is 7.05. The third kappa shape index (κ3) is 4.19. The SMILES string of the molecule is CNc1cccc(CNC(=O)c2nc(-c3ccc(=O)n(C)c3)c(-c3ccc[nH]3)nc2N)n1. The van der Waals surface area contributed by atoms with Gasteiger partial charge in [-0.25, -0.2) is 15.0 Å². The quantitative estimate of drug-likeness (QED) is 0.365. The minimum atomic E-state index is -0.476.